The van der Waals surface area contributed by atoms with Crippen molar-refractivity contribution in [1.82, 2.24) is 4.98 Å². The average Bonchev–Trinajstić information content (AvgIpc) is 0.817. The number of fused-ring (bicyclic) bond motifs is 1. The van der Waals surface area contributed by atoms with Gasteiger partial charge < -0.3 is 14.2 Å². The summed E-state index contributed by atoms with van der Waals surface area (Å²) in [7, 11) is 4.89. The molecule has 778 valence electrons. The Labute approximate surface area is 891 Å². The zero-order valence-electron chi connectivity index (χ0n) is 92.6. The number of aromatic nitrogens is 1. The minimum Gasteiger partial charge on any atom is -0.497 e. The summed E-state index contributed by atoms with van der Waals surface area (Å²) in [6.45, 7) is 45.8. The monoisotopic (exact) mass is 2000 g/mol. The van der Waals surface area contributed by atoms with E-state index in [-0.39, 0.29) is 84.3 Å². The first-order valence-electron chi connectivity index (χ1n) is 52.2. The number of hydrogen-bond acceptors (Lipinski definition) is 11. The molecule has 0 bridgehead atoms. The second-order valence-electron chi connectivity index (χ2n) is 46.5. The van der Waals surface area contributed by atoms with Gasteiger partial charge in [0.1, 0.15) is 22.9 Å². The van der Waals surface area contributed by atoms with Crippen LogP contribution in [0.2, 0.25) is 5.02 Å². The molecule has 0 saturated heterocycles. The van der Waals surface area contributed by atoms with Crippen molar-refractivity contribution in [3.05, 3.63) is 430 Å². The molecule has 13 aromatic carbocycles. The van der Waals surface area contributed by atoms with Gasteiger partial charge in [0.25, 0.3) is 0 Å². The largest absolute Gasteiger partial charge is 0.497 e. The van der Waals surface area contributed by atoms with Crippen LogP contribution < -0.4 is 14.2 Å². The first-order chi connectivity index (χ1) is 69.9. The van der Waals surface area contributed by atoms with Gasteiger partial charge in [-0.3, -0.25) is 33.6 Å². The van der Waals surface area contributed by atoms with Gasteiger partial charge in [-0.05, 0) is 247 Å². The second-order valence-corrected chi connectivity index (χ2v) is 47.0. The molecule has 148 heavy (non-hydrogen) atoms. The van der Waals surface area contributed by atoms with E-state index in [4.69, 9.17) is 25.8 Å². The Morgan fingerprint density at radius 1 is 0.257 bits per heavy atom. The molecule has 2 unspecified atom stereocenters. The molecule has 12 heteroatoms. The summed E-state index contributed by atoms with van der Waals surface area (Å²) in [6.07, 6.45) is 9.48. The van der Waals surface area contributed by atoms with Crippen molar-refractivity contribution in [2.45, 2.75) is 235 Å². The summed E-state index contributed by atoms with van der Waals surface area (Å²) >= 11 is 5.97. The van der Waals surface area contributed by atoms with E-state index < -0.39 is 0 Å². The highest BCUT2D eigenvalue weighted by Gasteiger charge is 2.33. The minimum atomic E-state index is 0.0122. The standard InChI is InChI=1S/3C21H26O2.C19H21ClO.C19H22O.C18H21NO.C17H20O/c3*1-21(2,3)18(14-16-8-6-5-7-9-16)15-20(22)17-10-12-19(23-4)13-11-17;1-19(2,3)17(14-9-11-16(20)12-10-14)13-18(21)15-7-5-4-6-8-15;1-19(2,3)14-13-18(20)17-11-9-16(10-12-17)15-7-5-4-6-8-15;1-18(2,3)13-12-17(20)16-11-7-10-15(19-16)14-8-5-4-6-9-14;1-17(2,3)11-10-16(18)15-9-8-13-6-4-5-7-14(13)12-15/h3*5-13,18H,14-15H2,1-4H3;4-12,17H,13H2,1-3H3;4-12H,13-14H2,1-3H3;4-11H,12-13H2,1-3H3;4-9,12H,10-11H2,1-3H3/t2*18-;;;;;/m10...../s1. The van der Waals surface area contributed by atoms with Crippen LogP contribution in [0.25, 0.3) is 33.2 Å². The Morgan fingerprint density at radius 3 is 0.899 bits per heavy atom. The number of pyridine rings is 1. The molecule has 11 nitrogen and oxygen atoms in total. The topological polar surface area (TPSA) is 160 Å². The number of methoxy groups -OCH3 is 3. The molecule has 0 aliphatic carbocycles. The number of ketones is 7. The maximum Gasteiger partial charge on any atom is 0.181 e. The van der Waals surface area contributed by atoms with E-state index in [1.165, 1.54) is 27.6 Å². The van der Waals surface area contributed by atoms with Crippen molar-refractivity contribution >= 4 is 62.9 Å². The molecule has 0 N–H and O–H groups in total. The number of Topliss-reactive ketones (excluding diaryl/α,β-unsaturated/α-hetero) is 7. The smallest absolute Gasteiger partial charge is 0.181 e. The number of carbonyl (C=O) groups is 7. The fourth-order valence-corrected chi connectivity index (χ4v) is 16.9. The van der Waals surface area contributed by atoms with Crippen molar-refractivity contribution in [2.75, 3.05) is 21.3 Å². The highest BCUT2D eigenvalue weighted by molar-refractivity contribution is 6.30. The molecule has 14 aromatic rings. The minimum absolute atomic E-state index is 0.0122. The molecule has 0 fully saturated rings. The van der Waals surface area contributed by atoms with Gasteiger partial charge in [-0.2, -0.15) is 0 Å². The van der Waals surface area contributed by atoms with Gasteiger partial charge in [0.2, 0.25) is 0 Å². The van der Waals surface area contributed by atoms with Crippen LogP contribution in [-0.2, 0) is 19.3 Å². The van der Waals surface area contributed by atoms with Crippen LogP contribution in [0.4, 0.5) is 0 Å². The van der Waals surface area contributed by atoms with E-state index in [2.05, 4.69) is 247 Å². The molecular weight excluding hydrogens is 1840 g/mol. The van der Waals surface area contributed by atoms with E-state index in [1.807, 2.05) is 261 Å². The molecule has 0 aliphatic heterocycles. The normalized spacial score (nSPS) is 12.2. The van der Waals surface area contributed by atoms with Crippen LogP contribution in [-0.4, -0.2) is 66.8 Å². The SMILES string of the molecule is CC(C)(C)C(CC(=O)c1ccccc1)c1ccc(Cl)cc1.CC(C)(C)CCC(=O)c1ccc(-c2ccccc2)cc1.CC(C)(C)CCC(=O)c1ccc2ccccc2c1.CC(C)(C)CCC(=O)c1cccc(-c2ccccc2)n1.COc1ccc(C(=O)CC(Cc2ccccc2)C(C)(C)C)cc1.COc1ccc(C(=O)C[C@@H](Cc2ccccc2)C(C)(C)C)cc1.COc1ccc(C(=O)C[C@H](Cc2ccccc2)C(C)(C)C)cc1. The van der Waals surface area contributed by atoms with Gasteiger partial charge in [0.15, 0.2) is 40.5 Å². The Bertz CT molecular complexity index is 6100. The Hall–Kier alpha value is -13.4. The van der Waals surface area contributed by atoms with Gasteiger partial charge in [-0.25, -0.2) is 4.98 Å². The van der Waals surface area contributed by atoms with Gasteiger partial charge in [-0.1, -0.05) is 418 Å². The fourth-order valence-electron chi connectivity index (χ4n) is 16.7. The van der Waals surface area contributed by atoms with Gasteiger partial charge in [-0.15, -0.1) is 0 Å². The molecule has 0 aliphatic rings. The van der Waals surface area contributed by atoms with Crippen molar-refractivity contribution in [3.63, 3.8) is 0 Å². The summed E-state index contributed by atoms with van der Waals surface area (Å²) in [5.41, 5.74) is 15.4. The van der Waals surface area contributed by atoms with Crippen LogP contribution in [0.3, 0.4) is 0 Å². The Balaban J connectivity index is 0.000000211. The molecule has 14 rings (SSSR count). The summed E-state index contributed by atoms with van der Waals surface area (Å²) in [5.74, 6) is 4.80. The summed E-state index contributed by atoms with van der Waals surface area (Å²) in [4.78, 5) is 91.4. The number of benzene rings is 13. The molecule has 0 amide bonds. The predicted molar refractivity (Wildman–Crippen MR) is 619 cm³/mol. The van der Waals surface area contributed by atoms with E-state index in [0.29, 0.717) is 68.4 Å². The predicted octanol–water partition coefficient (Wildman–Crippen LogP) is 36.2. The van der Waals surface area contributed by atoms with E-state index >= 15 is 0 Å². The van der Waals surface area contributed by atoms with E-state index in [9.17, 15) is 33.6 Å². The number of rotatable bonds is 33. The third-order valence-electron chi connectivity index (χ3n) is 26.8. The molecule has 0 radical (unpaired) electrons. The number of hydrogen-bond donors (Lipinski definition) is 0. The number of ether oxygens (including phenoxy) is 3. The number of carbonyl (C=O) groups excluding carboxylic acids is 7. The Kier molecular flexibility index (Phi) is 46.8. The van der Waals surface area contributed by atoms with Crippen LogP contribution >= 0.6 is 11.6 Å². The maximum absolute atomic E-state index is 12.7. The van der Waals surface area contributed by atoms with Crippen molar-refractivity contribution in [2.24, 2.45) is 55.7 Å². The van der Waals surface area contributed by atoms with E-state index in [1.54, 1.807) is 27.4 Å². The van der Waals surface area contributed by atoms with Gasteiger partial charge in [0, 0.05) is 88.9 Å². The average molecular weight is 2010 g/mol. The molecule has 0 saturated carbocycles. The van der Waals surface area contributed by atoms with E-state index in [0.717, 1.165) is 122 Å². The quantitative estimate of drug-likeness (QED) is 0.0360. The number of nitrogens with zero attached hydrogens (tertiary/aromatic N) is 1. The fraction of sp³-hybridized carbons (Fsp3) is 0.353. The molecule has 1 aromatic heterocycles. The maximum atomic E-state index is 12.7. The van der Waals surface area contributed by atoms with Crippen molar-refractivity contribution in [3.8, 4) is 39.6 Å². The van der Waals surface area contributed by atoms with Crippen LogP contribution in [0.5, 0.6) is 17.2 Å². The zero-order chi connectivity index (χ0) is 108. The second kappa shape index (κ2) is 57.8. The highest BCUT2D eigenvalue weighted by atomic mass is 35.5. The molecule has 4 atom stereocenters. The molecular formula is C136H162ClNO10. The molecule has 0 spiro atoms. The van der Waals surface area contributed by atoms with Gasteiger partial charge >= 0.3 is 0 Å². The zero-order valence-corrected chi connectivity index (χ0v) is 93.3. The van der Waals surface area contributed by atoms with Crippen LogP contribution in [0.15, 0.2) is 364 Å². The highest BCUT2D eigenvalue weighted by Crippen LogP contribution is 2.41. The lowest BCUT2D eigenvalue weighted by molar-refractivity contribution is 0.0909. The lowest BCUT2D eigenvalue weighted by atomic mass is 9.73. The third-order valence-corrected chi connectivity index (χ3v) is 27.0. The van der Waals surface area contributed by atoms with Crippen LogP contribution in [0, 0.1) is 55.7 Å². The van der Waals surface area contributed by atoms with Gasteiger partial charge in [0.05, 0.1) is 27.0 Å². The summed E-state index contributed by atoms with van der Waals surface area (Å²) < 4.78 is 15.5. The third kappa shape index (κ3) is 43.2. The summed E-state index contributed by atoms with van der Waals surface area (Å²) in [6, 6.07) is 119. The van der Waals surface area contributed by atoms with Crippen LogP contribution in [0.1, 0.15) is 310 Å². The lowest BCUT2D eigenvalue weighted by Crippen LogP contribution is -2.25. The van der Waals surface area contributed by atoms with Crippen molar-refractivity contribution < 1.29 is 47.8 Å². The Morgan fingerprint density at radius 2 is 0.547 bits per heavy atom. The molecule has 1 heterocycles. The number of halogens is 1. The first-order valence-corrected chi connectivity index (χ1v) is 52.6. The lowest BCUT2D eigenvalue weighted by Gasteiger charge is -2.31. The van der Waals surface area contributed by atoms with Crippen molar-refractivity contribution in [1.29, 1.82) is 0 Å². The summed E-state index contributed by atoms with van der Waals surface area (Å²) in [5, 5.41) is 3.05. The first kappa shape index (κ1) is 120.